The molecule has 0 bridgehead atoms. The number of carbonyl (C=O) groups is 3. The van der Waals surface area contributed by atoms with Crippen LogP contribution in [0.5, 0.6) is 0 Å². The van der Waals surface area contributed by atoms with E-state index in [0.717, 1.165) is 44.4 Å². The number of aryl methyl sites for hydroxylation is 1. The molecule has 0 saturated carbocycles. The van der Waals surface area contributed by atoms with E-state index in [1.54, 1.807) is 6.92 Å². The topological polar surface area (TPSA) is 133 Å². The highest BCUT2D eigenvalue weighted by Crippen LogP contribution is 2.38. The number of nitrogens with zero attached hydrogens (tertiary/aromatic N) is 2. The number of benzene rings is 1. The Labute approximate surface area is 248 Å². The number of hydrogen-bond donors (Lipinski definition) is 1. The molecule has 1 N–H and O–H groups in total. The van der Waals surface area contributed by atoms with Crippen molar-refractivity contribution in [3.8, 4) is 0 Å². The predicted octanol–water partition coefficient (Wildman–Crippen LogP) is 4.10. The molecule has 14 heteroatoms. The fourth-order valence-electron chi connectivity index (χ4n) is 4.46. The van der Waals surface area contributed by atoms with E-state index in [1.165, 1.54) is 22.7 Å². The molecule has 10 nitrogen and oxygen atoms in total. The van der Waals surface area contributed by atoms with Crippen LogP contribution in [0.2, 0.25) is 0 Å². The molecule has 0 radical (unpaired) electrons. The summed E-state index contributed by atoms with van der Waals surface area (Å²) in [4.78, 5) is 43.6. The number of sulfone groups is 1. The Kier molecular flexibility index (Phi) is 10.3. The Hall–Kier alpha value is -2.39. The highest BCUT2D eigenvalue weighted by molar-refractivity contribution is 9.10. The van der Waals surface area contributed by atoms with Crippen molar-refractivity contribution in [2.24, 2.45) is 4.99 Å². The third-order valence-electron chi connectivity index (χ3n) is 6.13. The van der Waals surface area contributed by atoms with Crippen LogP contribution in [-0.2, 0) is 48.3 Å². The summed E-state index contributed by atoms with van der Waals surface area (Å²) in [5.74, 6) is -4.07. The van der Waals surface area contributed by atoms with Gasteiger partial charge in [-0.15, -0.1) is 11.3 Å². The lowest BCUT2D eigenvalue weighted by Crippen LogP contribution is -2.28. The van der Waals surface area contributed by atoms with E-state index >= 15 is 0 Å². The normalized spacial score (nSPS) is 13.8. The number of aromatic nitrogens is 1. The Morgan fingerprint density at radius 3 is 2.62 bits per heavy atom. The van der Waals surface area contributed by atoms with Crippen LogP contribution in [-0.4, -0.2) is 62.1 Å². The number of hydrogen-bond acceptors (Lipinski definition) is 9. The van der Waals surface area contributed by atoms with Crippen molar-refractivity contribution in [3.05, 3.63) is 43.5 Å². The molecule has 0 unspecified atom stereocenters. The third kappa shape index (κ3) is 7.46. The van der Waals surface area contributed by atoms with E-state index in [0.29, 0.717) is 36.5 Å². The Bertz CT molecular complexity index is 1610. The molecule has 0 atom stereocenters. The summed E-state index contributed by atoms with van der Waals surface area (Å²) in [5.41, 5.74) is 2.00. The summed E-state index contributed by atoms with van der Waals surface area (Å²) in [6, 6.07) is 5.66. The molecule has 216 valence electrons. The summed E-state index contributed by atoms with van der Waals surface area (Å²) >= 11 is 5.97. The lowest BCUT2D eigenvalue weighted by molar-refractivity contribution is -0.115. The van der Waals surface area contributed by atoms with Crippen LogP contribution in [0, 0.1) is 0 Å². The maximum Gasteiger partial charge on any atom is 0.341 e. The van der Waals surface area contributed by atoms with Gasteiger partial charge < -0.3 is 19.4 Å². The zero-order valence-corrected chi connectivity index (χ0v) is 26.2. The van der Waals surface area contributed by atoms with Gasteiger partial charge >= 0.3 is 5.97 Å². The fraction of sp³-hybridized carbons (Fsp3) is 0.462. The van der Waals surface area contributed by atoms with Crippen LogP contribution < -0.4 is 10.1 Å². The molecule has 1 aliphatic rings. The zero-order valence-electron chi connectivity index (χ0n) is 22.2. The minimum Gasteiger partial charge on any atom is -0.462 e. The molecule has 3 aromatic rings. The number of amides is 2. The zero-order chi connectivity index (χ0) is 28.9. The van der Waals surface area contributed by atoms with Gasteiger partial charge in [-0.1, -0.05) is 27.3 Å². The third-order valence-corrected chi connectivity index (χ3v) is 10.3. The van der Waals surface area contributed by atoms with Crippen LogP contribution >= 0.6 is 38.6 Å². The summed E-state index contributed by atoms with van der Waals surface area (Å²) < 4.78 is 39.8. The molecule has 0 aliphatic heterocycles. The molecule has 1 aliphatic carbocycles. The van der Waals surface area contributed by atoms with Gasteiger partial charge in [-0.3, -0.25) is 9.59 Å². The van der Waals surface area contributed by atoms with E-state index in [-0.39, 0.29) is 11.6 Å². The highest BCUT2D eigenvalue weighted by Gasteiger charge is 2.29. The second-order valence-corrected chi connectivity index (χ2v) is 14.2. The number of rotatable bonds is 11. The smallest absolute Gasteiger partial charge is 0.341 e. The lowest BCUT2D eigenvalue weighted by atomic mass is 9.95. The maximum absolute atomic E-state index is 12.8. The Morgan fingerprint density at radius 2 is 1.88 bits per heavy atom. The van der Waals surface area contributed by atoms with Gasteiger partial charge in [0.05, 0.1) is 29.0 Å². The Morgan fingerprint density at radius 1 is 1.10 bits per heavy atom. The first-order valence-corrected chi connectivity index (χ1v) is 17.1. The molecular formula is C26H30BrN3O7S3. The van der Waals surface area contributed by atoms with Crippen LogP contribution in [0.15, 0.2) is 27.7 Å². The van der Waals surface area contributed by atoms with E-state index < -0.39 is 39.1 Å². The second-order valence-electron chi connectivity index (χ2n) is 9.07. The molecule has 0 fully saturated rings. The van der Waals surface area contributed by atoms with E-state index in [1.807, 2.05) is 29.7 Å². The van der Waals surface area contributed by atoms with Gasteiger partial charge in [-0.25, -0.2) is 13.2 Å². The number of ether oxygens (including phenoxy) is 2. The first kappa shape index (κ1) is 30.6. The number of nitrogens with one attached hydrogen (secondary N) is 1. The van der Waals surface area contributed by atoms with Gasteiger partial charge in [0.1, 0.15) is 16.5 Å². The summed E-state index contributed by atoms with van der Waals surface area (Å²) in [6.07, 6.45) is 3.39. The molecule has 4 rings (SSSR count). The number of anilines is 1. The maximum atomic E-state index is 12.8. The van der Waals surface area contributed by atoms with Gasteiger partial charge in [0.15, 0.2) is 14.6 Å². The van der Waals surface area contributed by atoms with Crippen molar-refractivity contribution in [1.82, 2.24) is 4.57 Å². The quantitative estimate of drug-likeness (QED) is 0.240. The predicted molar refractivity (Wildman–Crippen MR) is 159 cm³/mol. The number of thiazole rings is 1. The standard InChI is InChI=1S/C26H30BrN3O7S3/c1-3-36-12-11-30-18-10-9-16(27)13-20(18)39-26(30)29-22(32)15-40(34,35)14-21(31)28-24-23(25(33)37-4-2)17-7-5-6-8-19(17)38-24/h9-10,13H,3-8,11-12,14-15H2,1-2H3,(H,28,31). The summed E-state index contributed by atoms with van der Waals surface area (Å²) in [5, 5.41) is 2.87. The minimum atomic E-state index is -4.14. The molecule has 2 heterocycles. The van der Waals surface area contributed by atoms with Crippen molar-refractivity contribution in [2.75, 3.05) is 36.6 Å². The summed E-state index contributed by atoms with van der Waals surface area (Å²) in [6.45, 7) is 5.13. The van der Waals surface area contributed by atoms with Crippen LogP contribution in [0.1, 0.15) is 47.5 Å². The first-order valence-electron chi connectivity index (χ1n) is 12.9. The molecule has 0 spiro atoms. The van der Waals surface area contributed by atoms with Gasteiger partial charge in [0.25, 0.3) is 5.91 Å². The van der Waals surface area contributed by atoms with E-state index in [2.05, 4.69) is 26.2 Å². The Balaban J connectivity index is 1.50. The molecule has 2 aromatic heterocycles. The average molecular weight is 673 g/mol. The molecule has 1 aromatic carbocycles. The SMILES string of the molecule is CCOCCn1c(=NC(=O)CS(=O)(=O)CC(=O)Nc2sc3c(c2C(=O)OCC)CCCC3)sc2cc(Br)ccc21. The number of esters is 1. The first-order chi connectivity index (χ1) is 19.1. The number of fused-ring (bicyclic) bond motifs is 2. The molecule has 2 amide bonds. The fourth-order valence-corrected chi connectivity index (χ4v) is 8.40. The van der Waals surface area contributed by atoms with Gasteiger partial charge in [0.2, 0.25) is 5.91 Å². The van der Waals surface area contributed by atoms with E-state index in [9.17, 15) is 22.8 Å². The number of carbonyl (C=O) groups excluding carboxylic acids is 3. The molecule has 40 heavy (non-hydrogen) atoms. The number of thiophene rings is 1. The van der Waals surface area contributed by atoms with Crippen molar-refractivity contribution < 1.29 is 32.3 Å². The van der Waals surface area contributed by atoms with Crippen LogP contribution in [0.3, 0.4) is 0 Å². The van der Waals surface area contributed by atoms with Crippen molar-refractivity contribution >= 4 is 81.4 Å². The molecule has 0 saturated heterocycles. The average Bonchev–Trinajstić information content (AvgIpc) is 3.40. The molecular weight excluding hydrogens is 642 g/mol. The van der Waals surface area contributed by atoms with E-state index in [4.69, 9.17) is 9.47 Å². The summed E-state index contributed by atoms with van der Waals surface area (Å²) in [7, 11) is -4.14. The highest BCUT2D eigenvalue weighted by atomic mass is 79.9. The second kappa shape index (κ2) is 13.5. The van der Waals surface area contributed by atoms with Crippen LogP contribution in [0.25, 0.3) is 10.2 Å². The monoisotopic (exact) mass is 671 g/mol. The largest absolute Gasteiger partial charge is 0.462 e. The van der Waals surface area contributed by atoms with Gasteiger partial charge in [-0.2, -0.15) is 4.99 Å². The van der Waals surface area contributed by atoms with Crippen molar-refractivity contribution in [1.29, 1.82) is 0 Å². The lowest BCUT2D eigenvalue weighted by Gasteiger charge is -2.12. The van der Waals surface area contributed by atoms with Crippen molar-refractivity contribution in [3.63, 3.8) is 0 Å². The van der Waals surface area contributed by atoms with Crippen molar-refractivity contribution in [2.45, 2.75) is 46.1 Å². The minimum absolute atomic E-state index is 0.180. The van der Waals surface area contributed by atoms with Gasteiger partial charge in [-0.05, 0) is 63.3 Å². The van der Waals surface area contributed by atoms with Gasteiger partial charge in [0, 0.05) is 22.5 Å². The number of halogens is 1. The van der Waals surface area contributed by atoms with Crippen LogP contribution in [0.4, 0.5) is 5.00 Å².